The molecule has 0 aromatic rings. The van der Waals surface area contributed by atoms with Crippen LogP contribution in [0.3, 0.4) is 0 Å². The number of rotatable bonds is 3. The van der Waals surface area contributed by atoms with Crippen molar-refractivity contribution in [1.82, 2.24) is 4.90 Å². The van der Waals surface area contributed by atoms with Gasteiger partial charge < -0.3 is 15.4 Å². The topological polar surface area (TPSA) is 55.6 Å². The molecule has 0 spiro atoms. The van der Waals surface area contributed by atoms with Crippen LogP contribution in [0.2, 0.25) is 0 Å². The summed E-state index contributed by atoms with van der Waals surface area (Å²) in [5.74, 6) is 0.830. The minimum absolute atomic E-state index is 0.0896. The van der Waals surface area contributed by atoms with Crippen LogP contribution >= 0.6 is 0 Å². The second kappa shape index (κ2) is 4.20. The number of carbonyl (C=O) groups is 1. The van der Waals surface area contributed by atoms with Gasteiger partial charge >= 0.3 is 0 Å². The highest BCUT2D eigenvalue weighted by Crippen LogP contribution is 2.46. The summed E-state index contributed by atoms with van der Waals surface area (Å²) in [6.07, 6.45) is 6.62. The third-order valence-corrected chi connectivity index (χ3v) is 5.41. The summed E-state index contributed by atoms with van der Waals surface area (Å²) in [4.78, 5) is 14.7. The van der Waals surface area contributed by atoms with Crippen LogP contribution in [0.1, 0.15) is 38.5 Å². The first-order chi connectivity index (χ1) is 8.60. The van der Waals surface area contributed by atoms with Gasteiger partial charge in [0.25, 0.3) is 0 Å². The van der Waals surface area contributed by atoms with Crippen LogP contribution in [0.15, 0.2) is 0 Å². The molecule has 2 aliphatic carbocycles. The smallest absolute Gasteiger partial charge is 0.231 e. The first-order valence-electron chi connectivity index (χ1n) is 7.17. The normalized spacial score (nSPS) is 37.4. The van der Waals surface area contributed by atoms with E-state index in [2.05, 4.69) is 0 Å². The number of amides is 1. The van der Waals surface area contributed by atoms with Crippen molar-refractivity contribution in [3.05, 3.63) is 0 Å². The standard InChI is InChI=1S/C14H24N2O2/c1-18-10-13(5-3-6-13)12(17)16-8-11-4-2-7-14(11,15)9-16/h11H,2-10,15H2,1H3. The number of hydrogen-bond donors (Lipinski definition) is 1. The minimum Gasteiger partial charge on any atom is -0.384 e. The van der Waals surface area contributed by atoms with E-state index in [-0.39, 0.29) is 11.0 Å². The van der Waals surface area contributed by atoms with E-state index in [1.165, 1.54) is 12.8 Å². The SMILES string of the molecule is COCC1(C(=O)N2CC3CCCC3(N)C2)CCC1. The summed E-state index contributed by atoms with van der Waals surface area (Å²) in [6, 6.07) is 0. The highest BCUT2D eigenvalue weighted by Gasteiger charge is 2.53. The molecule has 4 heteroatoms. The van der Waals surface area contributed by atoms with Crippen LogP contribution in [-0.4, -0.2) is 43.2 Å². The van der Waals surface area contributed by atoms with E-state index in [1.54, 1.807) is 7.11 Å². The highest BCUT2D eigenvalue weighted by atomic mass is 16.5. The summed E-state index contributed by atoms with van der Waals surface area (Å²) < 4.78 is 5.27. The Hall–Kier alpha value is -0.610. The second-order valence-electron chi connectivity index (χ2n) is 6.57. The third-order valence-electron chi connectivity index (χ3n) is 5.41. The molecule has 2 N–H and O–H groups in total. The molecular weight excluding hydrogens is 228 g/mol. The molecule has 1 amide bonds. The maximum absolute atomic E-state index is 12.7. The maximum atomic E-state index is 12.7. The largest absolute Gasteiger partial charge is 0.384 e. The Morgan fingerprint density at radius 3 is 2.72 bits per heavy atom. The zero-order valence-electron chi connectivity index (χ0n) is 11.3. The Kier molecular flexibility index (Phi) is 2.90. The van der Waals surface area contributed by atoms with Crippen molar-refractivity contribution in [3.8, 4) is 0 Å². The Bertz CT molecular complexity index is 354. The predicted molar refractivity (Wildman–Crippen MR) is 69.0 cm³/mol. The van der Waals surface area contributed by atoms with Crippen molar-refractivity contribution in [2.45, 2.75) is 44.1 Å². The van der Waals surface area contributed by atoms with Gasteiger partial charge in [-0.1, -0.05) is 12.8 Å². The lowest BCUT2D eigenvalue weighted by molar-refractivity contribution is -0.151. The average Bonchev–Trinajstić information content (AvgIpc) is 2.77. The third kappa shape index (κ3) is 1.69. The van der Waals surface area contributed by atoms with E-state index in [4.69, 9.17) is 10.5 Å². The maximum Gasteiger partial charge on any atom is 0.231 e. The van der Waals surface area contributed by atoms with Crippen LogP contribution in [0.25, 0.3) is 0 Å². The molecule has 0 radical (unpaired) electrons. The molecule has 102 valence electrons. The zero-order chi connectivity index (χ0) is 12.8. The lowest BCUT2D eigenvalue weighted by atomic mass is 9.68. The number of nitrogens with zero attached hydrogens (tertiary/aromatic N) is 1. The molecule has 0 aromatic heterocycles. The number of nitrogens with two attached hydrogens (primary N) is 1. The van der Waals surface area contributed by atoms with Gasteiger partial charge in [-0.25, -0.2) is 0 Å². The molecule has 0 bridgehead atoms. The Balaban J connectivity index is 1.71. The molecule has 3 rings (SSSR count). The van der Waals surface area contributed by atoms with Crippen molar-refractivity contribution in [2.24, 2.45) is 17.1 Å². The van der Waals surface area contributed by atoms with Gasteiger partial charge in [-0.2, -0.15) is 0 Å². The van der Waals surface area contributed by atoms with Crippen LogP contribution < -0.4 is 5.73 Å². The van der Waals surface area contributed by atoms with E-state index in [0.29, 0.717) is 18.4 Å². The molecule has 4 nitrogen and oxygen atoms in total. The minimum atomic E-state index is -0.219. The number of carbonyl (C=O) groups excluding carboxylic acids is 1. The summed E-state index contributed by atoms with van der Waals surface area (Å²) in [7, 11) is 1.69. The number of fused-ring (bicyclic) bond motifs is 1. The van der Waals surface area contributed by atoms with Gasteiger partial charge in [-0.05, 0) is 31.6 Å². The summed E-state index contributed by atoms with van der Waals surface area (Å²) in [5, 5.41) is 0. The van der Waals surface area contributed by atoms with E-state index in [0.717, 1.165) is 38.8 Å². The fraction of sp³-hybridized carbons (Fsp3) is 0.929. The molecule has 3 fully saturated rings. The Morgan fingerprint density at radius 1 is 1.39 bits per heavy atom. The molecule has 3 aliphatic rings. The van der Waals surface area contributed by atoms with Crippen molar-refractivity contribution in [1.29, 1.82) is 0 Å². The lowest BCUT2D eigenvalue weighted by Crippen LogP contribution is -2.51. The highest BCUT2D eigenvalue weighted by molar-refractivity contribution is 5.84. The van der Waals surface area contributed by atoms with Crippen LogP contribution in [0.5, 0.6) is 0 Å². The fourth-order valence-electron chi connectivity index (χ4n) is 4.13. The molecule has 1 heterocycles. The number of hydrogen-bond acceptors (Lipinski definition) is 3. The Morgan fingerprint density at radius 2 is 2.17 bits per heavy atom. The van der Waals surface area contributed by atoms with Crippen molar-refractivity contribution < 1.29 is 9.53 Å². The van der Waals surface area contributed by atoms with Crippen molar-refractivity contribution in [3.63, 3.8) is 0 Å². The van der Waals surface area contributed by atoms with Gasteiger partial charge in [0.1, 0.15) is 0 Å². The van der Waals surface area contributed by atoms with Gasteiger partial charge in [0.2, 0.25) is 5.91 Å². The molecule has 1 saturated heterocycles. The monoisotopic (exact) mass is 252 g/mol. The van der Waals surface area contributed by atoms with E-state index < -0.39 is 0 Å². The first kappa shape index (κ1) is 12.4. The summed E-state index contributed by atoms with van der Waals surface area (Å²) >= 11 is 0. The molecular formula is C14H24N2O2. The first-order valence-corrected chi connectivity index (χ1v) is 7.17. The number of likely N-dealkylation sites (tertiary alicyclic amines) is 1. The molecule has 2 saturated carbocycles. The Labute approximate surface area is 109 Å². The number of methoxy groups -OCH3 is 1. The molecule has 18 heavy (non-hydrogen) atoms. The second-order valence-corrected chi connectivity index (χ2v) is 6.57. The van der Waals surface area contributed by atoms with Crippen LogP contribution in [-0.2, 0) is 9.53 Å². The average molecular weight is 252 g/mol. The van der Waals surface area contributed by atoms with Crippen LogP contribution in [0.4, 0.5) is 0 Å². The van der Waals surface area contributed by atoms with Gasteiger partial charge in [0.15, 0.2) is 0 Å². The van der Waals surface area contributed by atoms with E-state index in [1.807, 2.05) is 4.90 Å². The summed E-state index contributed by atoms with van der Waals surface area (Å²) in [6.45, 7) is 2.22. The lowest BCUT2D eigenvalue weighted by Gasteiger charge is -2.42. The van der Waals surface area contributed by atoms with E-state index in [9.17, 15) is 4.79 Å². The van der Waals surface area contributed by atoms with E-state index >= 15 is 0 Å². The van der Waals surface area contributed by atoms with Crippen LogP contribution in [0, 0.1) is 11.3 Å². The van der Waals surface area contributed by atoms with Gasteiger partial charge in [-0.3, -0.25) is 4.79 Å². The van der Waals surface area contributed by atoms with Gasteiger partial charge in [0.05, 0.1) is 12.0 Å². The molecule has 1 aliphatic heterocycles. The van der Waals surface area contributed by atoms with Gasteiger partial charge in [-0.15, -0.1) is 0 Å². The van der Waals surface area contributed by atoms with Crippen molar-refractivity contribution >= 4 is 5.91 Å². The van der Waals surface area contributed by atoms with Gasteiger partial charge in [0, 0.05) is 25.7 Å². The quantitative estimate of drug-likeness (QED) is 0.819. The molecule has 2 atom stereocenters. The summed E-state index contributed by atoms with van der Waals surface area (Å²) in [5.41, 5.74) is 6.14. The number of ether oxygens (including phenoxy) is 1. The fourth-order valence-corrected chi connectivity index (χ4v) is 4.13. The molecule has 0 aromatic carbocycles. The zero-order valence-corrected chi connectivity index (χ0v) is 11.3. The van der Waals surface area contributed by atoms with Crippen molar-refractivity contribution in [2.75, 3.05) is 26.8 Å². The molecule has 2 unspecified atom stereocenters. The predicted octanol–water partition coefficient (Wildman–Crippen LogP) is 1.14.